The summed E-state index contributed by atoms with van der Waals surface area (Å²) in [5, 5.41) is 0.565. The second kappa shape index (κ2) is 5.65. The van der Waals surface area contributed by atoms with E-state index in [9.17, 15) is 4.39 Å². The van der Waals surface area contributed by atoms with E-state index in [4.69, 9.17) is 11.6 Å². The highest BCUT2D eigenvalue weighted by Gasteiger charge is 2.16. The molecule has 1 aliphatic heterocycles. The summed E-state index contributed by atoms with van der Waals surface area (Å²) in [4.78, 5) is 4.53. The van der Waals surface area contributed by atoms with Gasteiger partial charge in [0.25, 0.3) is 0 Å². The van der Waals surface area contributed by atoms with Gasteiger partial charge in [0.1, 0.15) is 5.82 Å². The normalized spacial score (nSPS) is 18.6. The molecular weight excluding hydrogens is 307 g/mol. The Morgan fingerprint density at radius 3 is 2.59 bits per heavy atom. The zero-order valence-electron chi connectivity index (χ0n) is 9.72. The van der Waals surface area contributed by atoms with Crippen molar-refractivity contribution in [3.8, 4) is 0 Å². The lowest BCUT2D eigenvalue weighted by atomic mass is 10.2. The van der Waals surface area contributed by atoms with E-state index in [1.807, 2.05) is 0 Å². The zero-order chi connectivity index (χ0) is 12.4. The van der Waals surface area contributed by atoms with Gasteiger partial charge in [-0.2, -0.15) is 0 Å². The van der Waals surface area contributed by atoms with Gasteiger partial charge in [-0.05, 0) is 35.1 Å². The summed E-state index contributed by atoms with van der Waals surface area (Å²) in [6.07, 6.45) is 0. The van der Waals surface area contributed by atoms with Crippen LogP contribution in [0.1, 0.15) is 5.56 Å². The van der Waals surface area contributed by atoms with Gasteiger partial charge >= 0.3 is 0 Å². The Hall–Kier alpha value is -0.160. The molecule has 0 radical (unpaired) electrons. The van der Waals surface area contributed by atoms with Crippen molar-refractivity contribution in [2.45, 2.75) is 6.54 Å². The van der Waals surface area contributed by atoms with Crippen molar-refractivity contribution < 1.29 is 4.39 Å². The van der Waals surface area contributed by atoms with E-state index < -0.39 is 0 Å². The van der Waals surface area contributed by atoms with Crippen LogP contribution >= 0.6 is 27.5 Å². The van der Waals surface area contributed by atoms with Crippen molar-refractivity contribution in [2.24, 2.45) is 0 Å². The molecule has 1 saturated heterocycles. The molecule has 1 aromatic carbocycles. The highest BCUT2D eigenvalue weighted by Crippen LogP contribution is 2.26. The van der Waals surface area contributed by atoms with E-state index in [2.05, 4.69) is 32.8 Å². The molecule has 1 heterocycles. The molecule has 0 saturated carbocycles. The van der Waals surface area contributed by atoms with E-state index in [1.165, 1.54) is 6.07 Å². The standard InChI is InChI=1S/C12H15BrClFN2/c1-16-2-4-17(5-3-16)8-9-6-11(14)10(13)7-12(9)15/h6-7H,2-5,8H2,1H3. The maximum absolute atomic E-state index is 13.7. The number of likely N-dealkylation sites (N-methyl/N-ethyl adjacent to an activating group) is 1. The maximum atomic E-state index is 13.7. The van der Waals surface area contributed by atoms with Gasteiger partial charge in [0.15, 0.2) is 0 Å². The van der Waals surface area contributed by atoms with Gasteiger partial charge in [0.2, 0.25) is 0 Å². The van der Waals surface area contributed by atoms with E-state index in [1.54, 1.807) is 6.07 Å². The Morgan fingerprint density at radius 1 is 1.29 bits per heavy atom. The fourth-order valence-corrected chi connectivity index (χ4v) is 2.43. The minimum atomic E-state index is -0.194. The Labute approximate surface area is 114 Å². The average molecular weight is 322 g/mol. The molecular formula is C12H15BrClFN2. The van der Waals surface area contributed by atoms with Crippen molar-refractivity contribution in [1.82, 2.24) is 9.80 Å². The van der Waals surface area contributed by atoms with Crippen LogP contribution in [-0.4, -0.2) is 43.0 Å². The molecule has 5 heteroatoms. The molecule has 1 aliphatic rings. The lowest BCUT2D eigenvalue weighted by Crippen LogP contribution is -2.44. The molecule has 94 valence electrons. The summed E-state index contributed by atoms with van der Waals surface area (Å²) in [7, 11) is 2.11. The third kappa shape index (κ3) is 3.41. The molecule has 1 fully saturated rings. The summed E-state index contributed by atoms with van der Waals surface area (Å²) in [5.74, 6) is -0.194. The smallest absolute Gasteiger partial charge is 0.128 e. The molecule has 0 amide bonds. The van der Waals surface area contributed by atoms with Crippen LogP contribution in [-0.2, 0) is 6.54 Å². The number of hydrogen-bond donors (Lipinski definition) is 0. The van der Waals surface area contributed by atoms with Crippen LogP contribution in [0.5, 0.6) is 0 Å². The molecule has 0 N–H and O–H groups in total. The largest absolute Gasteiger partial charge is 0.304 e. The van der Waals surface area contributed by atoms with E-state index >= 15 is 0 Å². The minimum Gasteiger partial charge on any atom is -0.304 e. The second-order valence-corrected chi connectivity index (χ2v) is 5.70. The quantitative estimate of drug-likeness (QED) is 0.773. The van der Waals surface area contributed by atoms with Crippen molar-refractivity contribution in [1.29, 1.82) is 0 Å². The topological polar surface area (TPSA) is 6.48 Å². The summed E-state index contributed by atoms with van der Waals surface area (Å²) < 4.78 is 14.3. The van der Waals surface area contributed by atoms with Gasteiger partial charge < -0.3 is 4.90 Å². The van der Waals surface area contributed by atoms with Crippen LogP contribution in [0.15, 0.2) is 16.6 Å². The van der Waals surface area contributed by atoms with Crippen LogP contribution < -0.4 is 0 Å². The number of halogens is 3. The summed E-state index contributed by atoms with van der Waals surface area (Å²) >= 11 is 9.21. The highest BCUT2D eigenvalue weighted by atomic mass is 79.9. The van der Waals surface area contributed by atoms with Crippen LogP contribution in [0.2, 0.25) is 5.02 Å². The molecule has 0 aliphatic carbocycles. The van der Waals surface area contributed by atoms with Crippen molar-refractivity contribution in [3.63, 3.8) is 0 Å². The number of rotatable bonds is 2. The Bertz CT molecular complexity index is 406. The molecule has 2 nitrogen and oxygen atoms in total. The molecule has 0 bridgehead atoms. The van der Waals surface area contributed by atoms with Gasteiger partial charge in [-0.25, -0.2) is 4.39 Å². The maximum Gasteiger partial charge on any atom is 0.128 e. The Kier molecular flexibility index (Phi) is 4.42. The molecule has 0 aromatic heterocycles. The lowest BCUT2D eigenvalue weighted by Gasteiger charge is -2.32. The first-order valence-electron chi connectivity index (χ1n) is 5.60. The molecule has 1 aromatic rings. The number of benzene rings is 1. The number of nitrogens with zero attached hydrogens (tertiary/aromatic N) is 2. The van der Waals surface area contributed by atoms with E-state index in [-0.39, 0.29) is 5.82 Å². The van der Waals surface area contributed by atoms with Crippen molar-refractivity contribution in [2.75, 3.05) is 33.2 Å². The third-order valence-corrected chi connectivity index (χ3v) is 4.28. The average Bonchev–Trinajstić information content (AvgIpc) is 2.29. The summed E-state index contributed by atoms with van der Waals surface area (Å²) in [6.45, 7) is 4.65. The fraction of sp³-hybridized carbons (Fsp3) is 0.500. The molecule has 2 rings (SSSR count). The lowest BCUT2D eigenvalue weighted by molar-refractivity contribution is 0.147. The molecule has 0 unspecified atom stereocenters. The third-order valence-electron chi connectivity index (χ3n) is 3.08. The van der Waals surface area contributed by atoms with Gasteiger partial charge in [0, 0.05) is 42.8 Å². The SMILES string of the molecule is CN1CCN(Cc2cc(Cl)c(Br)cc2F)CC1. The Morgan fingerprint density at radius 2 is 1.94 bits per heavy atom. The highest BCUT2D eigenvalue weighted by molar-refractivity contribution is 9.10. The summed E-state index contributed by atoms with van der Waals surface area (Å²) in [6, 6.07) is 3.15. The zero-order valence-corrected chi connectivity index (χ0v) is 12.1. The van der Waals surface area contributed by atoms with E-state index in [0.717, 1.165) is 26.2 Å². The molecule has 0 spiro atoms. The first kappa shape index (κ1) is 13.3. The van der Waals surface area contributed by atoms with Gasteiger partial charge in [-0.3, -0.25) is 4.90 Å². The van der Waals surface area contributed by atoms with Gasteiger partial charge in [0.05, 0.1) is 5.02 Å². The van der Waals surface area contributed by atoms with Crippen LogP contribution in [0.3, 0.4) is 0 Å². The first-order valence-corrected chi connectivity index (χ1v) is 6.77. The van der Waals surface area contributed by atoms with Gasteiger partial charge in [-0.15, -0.1) is 0 Å². The van der Waals surface area contributed by atoms with Crippen molar-refractivity contribution >= 4 is 27.5 Å². The van der Waals surface area contributed by atoms with Crippen LogP contribution in [0.4, 0.5) is 4.39 Å². The predicted octanol–water partition coefficient (Wildman–Crippen LogP) is 2.99. The van der Waals surface area contributed by atoms with E-state index in [0.29, 0.717) is 21.6 Å². The number of hydrogen-bond acceptors (Lipinski definition) is 2. The predicted molar refractivity (Wildman–Crippen MR) is 71.9 cm³/mol. The fourth-order valence-electron chi connectivity index (χ4n) is 1.93. The second-order valence-electron chi connectivity index (χ2n) is 4.44. The van der Waals surface area contributed by atoms with Gasteiger partial charge in [-0.1, -0.05) is 11.6 Å². The molecule has 0 atom stereocenters. The van der Waals surface area contributed by atoms with Crippen LogP contribution in [0.25, 0.3) is 0 Å². The minimum absolute atomic E-state index is 0.194. The van der Waals surface area contributed by atoms with Crippen molar-refractivity contribution in [3.05, 3.63) is 33.0 Å². The molecule has 17 heavy (non-hydrogen) atoms. The van der Waals surface area contributed by atoms with Crippen LogP contribution in [0, 0.1) is 5.82 Å². The Balaban J connectivity index is 2.06. The number of piperazine rings is 1. The monoisotopic (exact) mass is 320 g/mol. The summed E-state index contributed by atoms with van der Waals surface area (Å²) in [5.41, 5.74) is 0.669. The first-order chi connectivity index (χ1) is 8.06.